The third-order valence-corrected chi connectivity index (χ3v) is 13.3. The van der Waals surface area contributed by atoms with Gasteiger partial charge in [-0.2, -0.15) is 0 Å². The molecule has 0 N–H and O–H groups in total. The second-order valence-electron chi connectivity index (χ2n) is 19.9. The Labute approximate surface area is 427 Å². The van der Waals surface area contributed by atoms with E-state index in [1.54, 1.807) is 4.90 Å². The highest BCUT2D eigenvalue weighted by atomic mass is 16.6. The van der Waals surface area contributed by atoms with Crippen LogP contribution in [-0.2, 0) is 52.5 Å². The minimum absolute atomic E-state index is 0.0308. The van der Waals surface area contributed by atoms with E-state index in [9.17, 15) is 33.6 Å². The number of nitrogens with zero attached hydrogens (tertiary/aromatic N) is 3. The minimum atomic E-state index is -0.607. The summed E-state index contributed by atoms with van der Waals surface area (Å²) in [5.41, 5.74) is 0. The highest BCUT2D eigenvalue weighted by Crippen LogP contribution is 2.31. The van der Waals surface area contributed by atoms with Gasteiger partial charge in [-0.1, -0.05) is 156 Å². The van der Waals surface area contributed by atoms with E-state index in [0.717, 1.165) is 128 Å². The molecular weight excluding hydrogens is 907 g/mol. The lowest BCUT2D eigenvalue weighted by molar-refractivity contribution is -0.156. The molecule has 15 nitrogen and oxygen atoms in total. The topological polar surface area (TPSA) is 187 Å². The van der Waals surface area contributed by atoms with E-state index in [1.165, 1.54) is 49.0 Å². The molecule has 1 aliphatic rings. The number of Topliss-reactive ketones (excluding diaryl/α,β-unsaturated/α-hetero) is 1. The molecule has 0 bridgehead atoms. The van der Waals surface area contributed by atoms with E-state index < -0.39 is 23.8 Å². The second kappa shape index (κ2) is 41.2. The van der Waals surface area contributed by atoms with Crippen LogP contribution >= 0.6 is 0 Å². The maximum atomic E-state index is 13.7. The van der Waals surface area contributed by atoms with Crippen molar-refractivity contribution in [1.82, 2.24) is 14.5 Å². The summed E-state index contributed by atoms with van der Waals surface area (Å²) in [5, 5.41) is 0. The zero-order valence-electron chi connectivity index (χ0n) is 44.7. The lowest BCUT2D eigenvalue weighted by Crippen LogP contribution is -2.61. The Morgan fingerprint density at radius 2 is 0.845 bits per heavy atom. The third kappa shape index (κ3) is 31.0. The van der Waals surface area contributed by atoms with E-state index in [4.69, 9.17) is 23.7 Å². The fourth-order valence-electron chi connectivity index (χ4n) is 8.82. The first kappa shape index (κ1) is 62.8. The number of unbranched alkanes of at least 4 members (excludes halogenated alkanes) is 20. The molecule has 15 heteroatoms. The zero-order valence-corrected chi connectivity index (χ0v) is 44.7. The lowest BCUT2D eigenvalue weighted by atomic mass is 9.88. The highest BCUT2D eigenvalue weighted by molar-refractivity contribution is 5.80. The lowest BCUT2D eigenvalue weighted by Gasteiger charge is -2.48. The van der Waals surface area contributed by atoms with Crippen molar-refractivity contribution in [1.29, 1.82) is 0 Å². The van der Waals surface area contributed by atoms with E-state index in [1.807, 2.05) is 0 Å². The van der Waals surface area contributed by atoms with Crippen molar-refractivity contribution in [2.24, 2.45) is 11.8 Å². The van der Waals surface area contributed by atoms with Crippen LogP contribution in [0.5, 0.6) is 0 Å². The number of hydrogen-bond acceptors (Lipinski definition) is 13. The van der Waals surface area contributed by atoms with E-state index in [-0.39, 0.29) is 107 Å². The Hall–Kier alpha value is -4.30. The first-order valence-corrected chi connectivity index (χ1v) is 28.1. The van der Waals surface area contributed by atoms with Gasteiger partial charge in [-0.15, -0.1) is 0 Å². The van der Waals surface area contributed by atoms with Crippen LogP contribution in [-0.4, -0.2) is 101 Å². The van der Waals surface area contributed by atoms with Gasteiger partial charge in [-0.25, -0.2) is 9.78 Å². The number of amides is 1. The third-order valence-electron chi connectivity index (χ3n) is 13.3. The minimum Gasteiger partial charge on any atom is -0.465 e. The van der Waals surface area contributed by atoms with Crippen molar-refractivity contribution in [3.8, 4) is 0 Å². The van der Waals surface area contributed by atoms with Crippen molar-refractivity contribution >= 4 is 41.7 Å². The van der Waals surface area contributed by atoms with Gasteiger partial charge in [0.15, 0.2) is 0 Å². The van der Waals surface area contributed by atoms with E-state index in [0.29, 0.717) is 25.7 Å². The molecule has 0 aliphatic carbocycles. The summed E-state index contributed by atoms with van der Waals surface area (Å²) in [4.78, 5) is 96.9. The number of hydrogen-bond donors (Lipinski definition) is 0. The standard InChI is InChI=1S/C56H95N3O12/c1-5-9-13-17-21-25-29-51(61)67-40-46(41-68-52(62)30-26-22-18-14-10-6-2)37-50(60)34-33-48-39-49(59(48)56(66)58-36-35-57-45-58)44-71-55(65)38-47(42-69-53(63)31-27-23-19-15-11-7-3)43-70-54(64)32-28-24-20-16-12-8-4/h35-36,45-49H,5-34,37-44H2,1-4H3/t48-,49-/m1/s1. The molecule has 1 aromatic heterocycles. The van der Waals surface area contributed by atoms with Gasteiger partial charge in [0.2, 0.25) is 0 Å². The Balaban J connectivity index is 2.00. The molecule has 2 atom stereocenters. The summed E-state index contributed by atoms with van der Waals surface area (Å²) < 4.78 is 29.4. The molecule has 0 spiro atoms. The molecule has 406 valence electrons. The Morgan fingerprint density at radius 1 is 0.465 bits per heavy atom. The van der Waals surface area contributed by atoms with Crippen LogP contribution in [0.2, 0.25) is 0 Å². The van der Waals surface area contributed by atoms with Gasteiger partial charge in [0.1, 0.15) is 18.7 Å². The van der Waals surface area contributed by atoms with Gasteiger partial charge in [-0.05, 0) is 38.5 Å². The molecular formula is C56H95N3O12. The van der Waals surface area contributed by atoms with Gasteiger partial charge < -0.3 is 28.6 Å². The Morgan fingerprint density at radius 3 is 1.23 bits per heavy atom. The van der Waals surface area contributed by atoms with Crippen LogP contribution in [0.25, 0.3) is 0 Å². The average Bonchev–Trinajstić information content (AvgIpc) is 3.90. The molecule has 1 aromatic rings. The van der Waals surface area contributed by atoms with Crippen molar-refractivity contribution in [3.05, 3.63) is 18.7 Å². The first-order chi connectivity index (χ1) is 34.5. The Kier molecular flexibility index (Phi) is 36.5. The van der Waals surface area contributed by atoms with Crippen molar-refractivity contribution in [2.75, 3.05) is 33.0 Å². The van der Waals surface area contributed by atoms with Crippen LogP contribution in [0, 0.1) is 11.8 Å². The maximum Gasteiger partial charge on any atom is 0.330 e. The zero-order chi connectivity index (χ0) is 51.7. The number of imidazole rings is 1. The van der Waals surface area contributed by atoms with Gasteiger partial charge >= 0.3 is 35.9 Å². The molecule has 0 unspecified atom stereocenters. The molecule has 2 heterocycles. The van der Waals surface area contributed by atoms with Gasteiger partial charge in [0.25, 0.3) is 0 Å². The maximum absolute atomic E-state index is 13.7. The highest BCUT2D eigenvalue weighted by Gasteiger charge is 2.43. The quantitative estimate of drug-likeness (QED) is 0.0341. The molecule has 1 saturated heterocycles. The normalized spacial score (nSPS) is 14.3. The van der Waals surface area contributed by atoms with Gasteiger partial charge in [-0.3, -0.25) is 33.3 Å². The number of aromatic nitrogens is 2. The summed E-state index contributed by atoms with van der Waals surface area (Å²) in [6.45, 7) is 8.29. The second-order valence-corrected chi connectivity index (χ2v) is 19.9. The number of carbonyl (C=O) groups excluding carboxylic acids is 7. The van der Waals surface area contributed by atoms with Crippen molar-refractivity contribution in [3.63, 3.8) is 0 Å². The van der Waals surface area contributed by atoms with Crippen LogP contribution in [0.3, 0.4) is 0 Å². The van der Waals surface area contributed by atoms with Crippen molar-refractivity contribution in [2.45, 2.75) is 252 Å². The van der Waals surface area contributed by atoms with Gasteiger partial charge in [0.05, 0.1) is 38.9 Å². The number of carbonyl (C=O) groups is 7. The molecule has 0 aromatic carbocycles. The number of ketones is 1. The van der Waals surface area contributed by atoms with Crippen molar-refractivity contribution < 1.29 is 57.2 Å². The molecule has 71 heavy (non-hydrogen) atoms. The molecule has 1 amide bonds. The summed E-state index contributed by atoms with van der Waals surface area (Å²) in [6, 6.07) is -1.17. The average molecular weight is 1000 g/mol. The summed E-state index contributed by atoms with van der Waals surface area (Å²) in [6.07, 6.45) is 31.3. The van der Waals surface area contributed by atoms with Crippen LogP contribution < -0.4 is 0 Å². The SMILES string of the molecule is CCCCCCCCC(=O)OCC(COC(=O)CCCCCCCC)CC(=O)CC[C@@H]1C[C@H](COC(=O)CC(COC(=O)CCCCCCCC)COC(=O)CCCCCCCC)N1C(=O)n1ccnc1. The fourth-order valence-corrected chi connectivity index (χ4v) is 8.82. The Bertz CT molecular complexity index is 1450. The van der Waals surface area contributed by atoms with E-state index >= 15 is 0 Å². The molecule has 1 aliphatic heterocycles. The number of ether oxygens (including phenoxy) is 5. The molecule has 0 radical (unpaired) electrons. The molecule has 0 saturated carbocycles. The predicted octanol–water partition coefficient (Wildman–Crippen LogP) is 12.4. The predicted molar refractivity (Wildman–Crippen MR) is 274 cm³/mol. The van der Waals surface area contributed by atoms with E-state index in [2.05, 4.69) is 32.7 Å². The first-order valence-electron chi connectivity index (χ1n) is 28.1. The number of likely N-dealkylation sites (tertiary alicyclic amines) is 1. The van der Waals surface area contributed by atoms with Crippen LogP contribution in [0.15, 0.2) is 18.7 Å². The largest absolute Gasteiger partial charge is 0.465 e. The smallest absolute Gasteiger partial charge is 0.330 e. The van der Waals surface area contributed by atoms with Crippen LogP contribution in [0.1, 0.15) is 240 Å². The molecule has 2 rings (SSSR count). The molecule has 1 fully saturated rings. The number of rotatable bonds is 45. The van der Waals surface area contributed by atoms with Crippen LogP contribution in [0.4, 0.5) is 4.79 Å². The fraction of sp³-hybridized carbons (Fsp3) is 0.821. The summed E-state index contributed by atoms with van der Waals surface area (Å²) in [7, 11) is 0. The summed E-state index contributed by atoms with van der Waals surface area (Å²) in [5.74, 6) is -3.16. The number of esters is 5. The van der Waals surface area contributed by atoms with Gasteiger partial charge in [0, 0.05) is 68.8 Å². The summed E-state index contributed by atoms with van der Waals surface area (Å²) >= 11 is 0. The monoisotopic (exact) mass is 1000 g/mol.